The lowest BCUT2D eigenvalue weighted by Crippen LogP contribution is -2.43. The maximum Gasteiger partial charge on any atom is 0.329 e. The Morgan fingerprint density at radius 2 is 2.22 bits per heavy atom. The van der Waals surface area contributed by atoms with Crippen molar-refractivity contribution in [3.63, 3.8) is 0 Å². The van der Waals surface area contributed by atoms with Crippen LogP contribution in [0.15, 0.2) is 22.7 Å². The first-order valence-electron chi connectivity index (χ1n) is 4.98. The van der Waals surface area contributed by atoms with Gasteiger partial charge in [-0.1, -0.05) is 27.5 Å². The van der Waals surface area contributed by atoms with E-state index in [0.717, 1.165) is 4.47 Å². The van der Waals surface area contributed by atoms with Gasteiger partial charge in [0.05, 0.1) is 5.02 Å². The summed E-state index contributed by atoms with van der Waals surface area (Å²) in [6, 6.07) is 3.86. The van der Waals surface area contributed by atoms with Crippen LogP contribution in [0.25, 0.3) is 0 Å². The molecule has 1 amide bonds. The van der Waals surface area contributed by atoms with Gasteiger partial charge in [-0.15, -0.1) is 0 Å². The van der Waals surface area contributed by atoms with Crippen LogP contribution in [0.4, 0.5) is 0 Å². The van der Waals surface area contributed by atoms with Crippen molar-refractivity contribution in [1.29, 1.82) is 0 Å². The van der Waals surface area contributed by atoms with Crippen LogP contribution in [0.1, 0.15) is 6.92 Å². The van der Waals surface area contributed by atoms with Crippen LogP contribution in [0.5, 0.6) is 5.75 Å². The summed E-state index contributed by atoms with van der Waals surface area (Å²) in [7, 11) is 0. The van der Waals surface area contributed by atoms with E-state index in [1.807, 2.05) is 0 Å². The van der Waals surface area contributed by atoms with Gasteiger partial charge in [0.25, 0.3) is 0 Å². The van der Waals surface area contributed by atoms with Gasteiger partial charge in [0, 0.05) is 11.4 Å². The smallest absolute Gasteiger partial charge is 0.329 e. The van der Waals surface area contributed by atoms with E-state index in [2.05, 4.69) is 21.2 Å². The molecule has 1 aromatic rings. The van der Waals surface area contributed by atoms with Crippen LogP contribution in [0, 0.1) is 0 Å². The molecule has 1 aromatic carbocycles. The third-order valence-corrected chi connectivity index (χ3v) is 2.78. The summed E-state index contributed by atoms with van der Waals surface area (Å²) in [6.45, 7) is 1.03. The summed E-state index contributed by atoms with van der Waals surface area (Å²) in [5, 5.41) is 11.5. The van der Waals surface area contributed by atoms with Crippen LogP contribution in [-0.4, -0.2) is 29.6 Å². The van der Waals surface area contributed by atoms with Crippen LogP contribution < -0.4 is 10.1 Å². The molecule has 0 heterocycles. The summed E-state index contributed by atoms with van der Waals surface area (Å²) in [4.78, 5) is 21.7. The molecule has 1 atom stereocenters. The van der Waals surface area contributed by atoms with Gasteiger partial charge in [0.2, 0.25) is 5.91 Å². The van der Waals surface area contributed by atoms with Gasteiger partial charge in [0.1, 0.15) is 12.4 Å². The van der Waals surface area contributed by atoms with E-state index in [1.165, 1.54) is 6.92 Å². The molecular weight excluding hydrogens is 325 g/mol. The van der Waals surface area contributed by atoms with E-state index in [4.69, 9.17) is 21.4 Å². The van der Waals surface area contributed by atoms with E-state index in [0.29, 0.717) is 10.8 Å². The van der Waals surface area contributed by atoms with Gasteiger partial charge in [-0.05, 0) is 18.2 Å². The monoisotopic (exact) mass is 335 g/mol. The van der Waals surface area contributed by atoms with Gasteiger partial charge in [-0.25, -0.2) is 4.79 Å². The molecule has 0 aliphatic rings. The van der Waals surface area contributed by atoms with Crippen molar-refractivity contribution >= 4 is 39.4 Å². The number of carbonyl (C=O) groups excluding carboxylic acids is 1. The molecule has 0 saturated heterocycles. The number of carboxylic acid groups (broad SMARTS) is 1. The first kappa shape index (κ1) is 14.8. The molecule has 0 fully saturated rings. The number of benzene rings is 1. The molecule has 98 valence electrons. The van der Waals surface area contributed by atoms with Crippen molar-refractivity contribution in [2.45, 2.75) is 13.0 Å². The van der Waals surface area contributed by atoms with Gasteiger partial charge >= 0.3 is 5.97 Å². The van der Waals surface area contributed by atoms with Crippen LogP contribution in [0.2, 0.25) is 5.02 Å². The topological polar surface area (TPSA) is 75.6 Å². The minimum Gasteiger partial charge on any atom is -0.489 e. The summed E-state index contributed by atoms with van der Waals surface area (Å²) in [5.74, 6) is -1.26. The SMILES string of the molecule is CC(=O)NC(COc1cc(Br)ccc1Cl)C(=O)O. The van der Waals surface area contributed by atoms with Crippen molar-refractivity contribution in [3.05, 3.63) is 27.7 Å². The fourth-order valence-electron chi connectivity index (χ4n) is 1.18. The van der Waals surface area contributed by atoms with Crippen molar-refractivity contribution in [2.24, 2.45) is 0 Å². The van der Waals surface area contributed by atoms with Crippen molar-refractivity contribution in [3.8, 4) is 5.75 Å². The molecule has 0 bridgehead atoms. The molecule has 0 aliphatic carbocycles. The number of hydrogen-bond acceptors (Lipinski definition) is 3. The standard InChI is InChI=1S/C11H11BrClNO4/c1-6(15)14-9(11(16)17)5-18-10-4-7(12)2-3-8(10)13/h2-4,9H,5H2,1H3,(H,14,15)(H,16,17). The Balaban J connectivity index is 2.69. The average Bonchev–Trinajstić information content (AvgIpc) is 2.27. The summed E-state index contributed by atoms with van der Waals surface area (Å²) in [6.07, 6.45) is 0. The molecule has 5 nitrogen and oxygen atoms in total. The molecule has 0 spiro atoms. The summed E-state index contributed by atoms with van der Waals surface area (Å²) >= 11 is 9.13. The lowest BCUT2D eigenvalue weighted by atomic mass is 10.3. The second-order valence-electron chi connectivity index (χ2n) is 3.48. The first-order chi connectivity index (χ1) is 8.40. The molecule has 18 heavy (non-hydrogen) atoms. The van der Waals surface area contributed by atoms with E-state index in [9.17, 15) is 9.59 Å². The Morgan fingerprint density at radius 1 is 1.56 bits per heavy atom. The van der Waals surface area contributed by atoms with Gasteiger partial charge in [-0.2, -0.15) is 0 Å². The van der Waals surface area contributed by atoms with Gasteiger partial charge in [-0.3, -0.25) is 4.79 Å². The predicted molar refractivity (Wildman–Crippen MR) is 69.9 cm³/mol. The van der Waals surface area contributed by atoms with Crippen molar-refractivity contribution in [2.75, 3.05) is 6.61 Å². The third-order valence-electron chi connectivity index (χ3n) is 1.97. The minimum atomic E-state index is -1.17. The van der Waals surface area contributed by atoms with E-state index >= 15 is 0 Å². The summed E-state index contributed by atoms with van der Waals surface area (Å²) in [5.41, 5.74) is 0. The fourth-order valence-corrected chi connectivity index (χ4v) is 1.69. The zero-order valence-electron chi connectivity index (χ0n) is 9.44. The second-order valence-corrected chi connectivity index (χ2v) is 4.80. The Kier molecular flexibility index (Phi) is 5.43. The van der Waals surface area contributed by atoms with E-state index in [-0.39, 0.29) is 6.61 Å². The van der Waals surface area contributed by atoms with Crippen LogP contribution in [-0.2, 0) is 9.59 Å². The Labute approximate surface area is 117 Å². The molecule has 0 aromatic heterocycles. The Morgan fingerprint density at radius 3 is 2.78 bits per heavy atom. The highest BCUT2D eigenvalue weighted by Crippen LogP contribution is 2.27. The quantitative estimate of drug-likeness (QED) is 0.863. The largest absolute Gasteiger partial charge is 0.489 e. The highest BCUT2D eigenvalue weighted by molar-refractivity contribution is 9.10. The zero-order valence-corrected chi connectivity index (χ0v) is 11.8. The zero-order chi connectivity index (χ0) is 13.7. The number of amides is 1. The number of nitrogens with one attached hydrogen (secondary N) is 1. The van der Waals surface area contributed by atoms with E-state index in [1.54, 1.807) is 18.2 Å². The van der Waals surface area contributed by atoms with Gasteiger partial charge in [0.15, 0.2) is 6.04 Å². The number of carboxylic acids is 1. The maximum atomic E-state index is 10.9. The van der Waals surface area contributed by atoms with Crippen LogP contribution in [0.3, 0.4) is 0 Å². The molecule has 0 saturated carbocycles. The van der Waals surface area contributed by atoms with Crippen molar-refractivity contribution in [1.82, 2.24) is 5.32 Å². The molecule has 7 heteroatoms. The second kappa shape index (κ2) is 6.61. The normalized spacial score (nSPS) is 11.7. The highest BCUT2D eigenvalue weighted by atomic mass is 79.9. The van der Waals surface area contributed by atoms with Crippen LogP contribution >= 0.6 is 27.5 Å². The average molecular weight is 337 g/mol. The number of rotatable bonds is 5. The first-order valence-corrected chi connectivity index (χ1v) is 6.15. The third kappa shape index (κ3) is 4.54. The Hall–Kier alpha value is -1.27. The fraction of sp³-hybridized carbons (Fsp3) is 0.273. The molecule has 1 unspecified atom stereocenters. The molecular formula is C11H11BrClNO4. The Bertz CT molecular complexity index is 466. The maximum absolute atomic E-state index is 10.9. The summed E-state index contributed by atoms with van der Waals surface area (Å²) < 4.78 is 6.04. The molecule has 0 radical (unpaired) electrons. The number of hydrogen-bond donors (Lipinski definition) is 2. The number of ether oxygens (including phenoxy) is 1. The predicted octanol–water partition coefficient (Wildman–Crippen LogP) is 2.07. The number of aliphatic carboxylic acids is 1. The number of carbonyl (C=O) groups is 2. The minimum absolute atomic E-state index is 0.203. The lowest BCUT2D eigenvalue weighted by molar-refractivity contribution is -0.142. The molecule has 0 aliphatic heterocycles. The van der Waals surface area contributed by atoms with Crippen molar-refractivity contribution < 1.29 is 19.4 Å². The number of halogens is 2. The van der Waals surface area contributed by atoms with E-state index < -0.39 is 17.9 Å². The van der Waals surface area contributed by atoms with Gasteiger partial charge < -0.3 is 15.2 Å². The molecule has 2 N–H and O–H groups in total. The molecule has 1 rings (SSSR count). The lowest BCUT2D eigenvalue weighted by Gasteiger charge is -2.15. The highest BCUT2D eigenvalue weighted by Gasteiger charge is 2.19.